The maximum atomic E-state index is 10.6. The van der Waals surface area contributed by atoms with Crippen LogP contribution in [0.1, 0.15) is 12.8 Å². The Morgan fingerprint density at radius 1 is 1.70 bits per heavy atom. The zero-order chi connectivity index (χ0) is 6.97. The molecule has 0 aromatic carbocycles. The van der Waals surface area contributed by atoms with Gasteiger partial charge in [0, 0.05) is 0 Å². The molecule has 2 atom stereocenters. The van der Waals surface area contributed by atoms with Gasteiger partial charge in [-0.2, -0.15) is 0 Å². The minimum atomic E-state index is -0.276. The Balaban J connectivity index is 2.15. The Labute approximate surface area is 59.1 Å². The summed E-state index contributed by atoms with van der Waals surface area (Å²) in [5.74, 6) is 0. The van der Waals surface area contributed by atoms with Crippen LogP contribution in [0.25, 0.3) is 0 Å². The van der Waals surface area contributed by atoms with Crippen molar-refractivity contribution in [1.29, 1.82) is 0 Å². The van der Waals surface area contributed by atoms with Crippen molar-refractivity contribution in [3.05, 3.63) is 12.2 Å². The second-order valence-corrected chi connectivity index (χ2v) is 2.62. The fraction of sp³-hybridized carbons (Fsp3) is 0.571. The minimum absolute atomic E-state index is 0.0949. The molecule has 2 rings (SSSR count). The van der Waals surface area contributed by atoms with Gasteiger partial charge in [0.05, 0.1) is 6.04 Å². The van der Waals surface area contributed by atoms with Crippen LogP contribution in [0.15, 0.2) is 12.2 Å². The maximum Gasteiger partial charge on any atom is 0.408 e. The van der Waals surface area contributed by atoms with Crippen LogP contribution in [0.3, 0.4) is 0 Å². The van der Waals surface area contributed by atoms with Gasteiger partial charge in [0.2, 0.25) is 0 Å². The highest BCUT2D eigenvalue weighted by molar-refractivity contribution is 5.70. The summed E-state index contributed by atoms with van der Waals surface area (Å²) in [7, 11) is 0. The van der Waals surface area contributed by atoms with Gasteiger partial charge < -0.3 is 10.1 Å². The summed E-state index contributed by atoms with van der Waals surface area (Å²) >= 11 is 0. The zero-order valence-electron chi connectivity index (χ0n) is 5.54. The molecule has 1 aliphatic carbocycles. The van der Waals surface area contributed by atoms with E-state index in [1.165, 1.54) is 0 Å². The average Bonchev–Trinajstić information content (AvgIpc) is 2.27. The molecule has 54 valence electrons. The predicted octanol–water partition coefficient (Wildman–Crippen LogP) is 0.813. The molecule has 1 saturated heterocycles. The molecule has 0 radical (unpaired) electrons. The Morgan fingerprint density at radius 3 is 3.40 bits per heavy atom. The number of rotatable bonds is 0. The SMILES string of the molecule is O=C1N[C@@H]2C=CCC[C@H]2O1. The Bertz CT molecular complexity index is 188. The lowest BCUT2D eigenvalue weighted by molar-refractivity contribution is 0.129. The van der Waals surface area contributed by atoms with Crippen LogP contribution in [0.5, 0.6) is 0 Å². The fourth-order valence-electron chi connectivity index (χ4n) is 1.39. The summed E-state index contributed by atoms with van der Waals surface area (Å²) in [5.41, 5.74) is 0. The molecule has 1 amide bonds. The molecular formula is C7H9NO2. The quantitative estimate of drug-likeness (QED) is 0.504. The molecule has 1 heterocycles. The minimum Gasteiger partial charge on any atom is -0.444 e. The largest absolute Gasteiger partial charge is 0.444 e. The maximum absolute atomic E-state index is 10.6. The van der Waals surface area contributed by atoms with Crippen molar-refractivity contribution >= 4 is 6.09 Å². The van der Waals surface area contributed by atoms with Gasteiger partial charge >= 0.3 is 6.09 Å². The van der Waals surface area contributed by atoms with Crippen molar-refractivity contribution in [3.63, 3.8) is 0 Å². The molecule has 3 heteroatoms. The van der Waals surface area contributed by atoms with Gasteiger partial charge in [-0.1, -0.05) is 12.2 Å². The highest BCUT2D eigenvalue weighted by atomic mass is 16.6. The standard InChI is InChI=1S/C7H9NO2/c9-7-8-5-3-1-2-4-6(5)10-7/h1,3,5-6H,2,4H2,(H,8,9)/t5-,6-/m1/s1. The van der Waals surface area contributed by atoms with Gasteiger partial charge in [0.15, 0.2) is 0 Å². The van der Waals surface area contributed by atoms with Crippen molar-refractivity contribution in [1.82, 2.24) is 5.32 Å². The molecular weight excluding hydrogens is 130 g/mol. The summed E-state index contributed by atoms with van der Waals surface area (Å²) in [6.07, 6.45) is 5.88. The molecule has 0 unspecified atom stereocenters. The van der Waals surface area contributed by atoms with E-state index >= 15 is 0 Å². The van der Waals surface area contributed by atoms with E-state index in [0.717, 1.165) is 12.8 Å². The number of nitrogens with one attached hydrogen (secondary N) is 1. The molecule has 0 bridgehead atoms. The number of fused-ring (bicyclic) bond motifs is 1. The number of hydrogen-bond donors (Lipinski definition) is 1. The molecule has 0 aromatic rings. The summed E-state index contributed by atoms with van der Waals surface area (Å²) in [5, 5.41) is 2.71. The van der Waals surface area contributed by atoms with Crippen LogP contribution in [0.4, 0.5) is 4.79 Å². The number of ether oxygens (including phenoxy) is 1. The highest BCUT2D eigenvalue weighted by Gasteiger charge is 2.32. The summed E-state index contributed by atoms with van der Waals surface area (Å²) in [6.45, 7) is 0. The number of allylic oxidation sites excluding steroid dienone is 1. The lowest BCUT2D eigenvalue weighted by Crippen LogP contribution is -2.30. The topological polar surface area (TPSA) is 38.3 Å². The lowest BCUT2D eigenvalue weighted by Gasteiger charge is -2.15. The van der Waals surface area contributed by atoms with E-state index in [2.05, 4.69) is 11.4 Å². The van der Waals surface area contributed by atoms with E-state index in [4.69, 9.17) is 4.74 Å². The van der Waals surface area contributed by atoms with E-state index in [-0.39, 0.29) is 18.2 Å². The van der Waals surface area contributed by atoms with Crippen molar-refractivity contribution in [2.45, 2.75) is 25.0 Å². The molecule has 1 N–H and O–H groups in total. The fourth-order valence-corrected chi connectivity index (χ4v) is 1.39. The van der Waals surface area contributed by atoms with E-state index < -0.39 is 0 Å². The Morgan fingerprint density at radius 2 is 2.60 bits per heavy atom. The third-order valence-electron chi connectivity index (χ3n) is 1.90. The monoisotopic (exact) mass is 139 g/mol. The molecule has 10 heavy (non-hydrogen) atoms. The molecule has 0 spiro atoms. The van der Waals surface area contributed by atoms with Gasteiger partial charge in [-0.15, -0.1) is 0 Å². The average molecular weight is 139 g/mol. The Kier molecular flexibility index (Phi) is 1.16. The first-order valence-corrected chi connectivity index (χ1v) is 3.50. The second kappa shape index (κ2) is 2.01. The van der Waals surface area contributed by atoms with Crippen LogP contribution < -0.4 is 5.32 Å². The number of carbonyl (C=O) groups is 1. The number of carbonyl (C=O) groups excluding carboxylic acids is 1. The van der Waals surface area contributed by atoms with Crippen LogP contribution >= 0.6 is 0 Å². The van der Waals surface area contributed by atoms with Crippen molar-refractivity contribution in [3.8, 4) is 0 Å². The molecule has 1 aliphatic heterocycles. The van der Waals surface area contributed by atoms with Gasteiger partial charge in [-0.05, 0) is 12.8 Å². The van der Waals surface area contributed by atoms with Crippen LogP contribution in [0.2, 0.25) is 0 Å². The van der Waals surface area contributed by atoms with E-state index in [1.807, 2.05) is 6.08 Å². The van der Waals surface area contributed by atoms with Crippen molar-refractivity contribution in [2.75, 3.05) is 0 Å². The van der Waals surface area contributed by atoms with Crippen LogP contribution in [-0.4, -0.2) is 18.2 Å². The molecule has 0 saturated carbocycles. The summed E-state index contributed by atoms with van der Waals surface area (Å²) in [6, 6.07) is 0.140. The lowest BCUT2D eigenvalue weighted by atomic mass is 10.0. The number of amides is 1. The molecule has 3 nitrogen and oxygen atoms in total. The Hall–Kier alpha value is -0.990. The molecule has 0 aromatic heterocycles. The first kappa shape index (κ1) is 5.77. The third-order valence-corrected chi connectivity index (χ3v) is 1.90. The van der Waals surface area contributed by atoms with Gasteiger partial charge in [0.25, 0.3) is 0 Å². The zero-order valence-corrected chi connectivity index (χ0v) is 5.54. The van der Waals surface area contributed by atoms with Gasteiger partial charge in [-0.25, -0.2) is 4.79 Å². The second-order valence-electron chi connectivity index (χ2n) is 2.62. The van der Waals surface area contributed by atoms with Crippen LogP contribution in [-0.2, 0) is 4.74 Å². The van der Waals surface area contributed by atoms with E-state index in [0.29, 0.717) is 0 Å². The normalized spacial score (nSPS) is 36.6. The van der Waals surface area contributed by atoms with Crippen LogP contribution in [0, 0.1) is 0 Å². The molecule has 2 aliphatic rings. The number of hydrogen-bond acceptors (Lipinski definition) is 2. The predicted molar refractivity (Wildman–Crippen MR) is 35.6 cm³/mol. The molecule has 1 fully saturated rings. The summed E-state index contributed by atoms with van der Waals surface area (Å²) < 4.78 is 4.96. The van der Waals surface area contributed by atoms with E-state index in [1.54, 1.807) is 0 Å². The first-order chi connectivity index (χ1) is 4.86. The van der Waals surface area contributed by atoms with Gasteiger partial charge in [0.1, 0.15) is 6.10 Å². The first-order valence-electron chi connectivity index (χ1n) is 3.50. The third kappa shape index (κ3) is 0.781. The highest BCUT2D eigenvalue weighted by Crippen LogP contribution is 2.19. The summed E-state index contributed by atoms with van der Waals surface area (Å²) in [4.78, 5) is 10.6. The van der Waals surface area contributed by atoms with Gasteiger partial charge in [-0.3, -0.25) is 0 Å². The number of alkyl carbamates (subject to hydrolysis) is 1. The van der Waals surface area contributed by atoms with Crippen molar-refractivity contribution in [2.24, 2.45) is 0 Å². The smallest absolute Gasteiger partial charge is 0.408 e. The van der Waals surface area contributed by atoms with E-state index in [9.17, 15) is 4.79 Å². The van der Waals surface area contributed by atoms with Crippen molar-refractivity contribution < 1.29 is 9.53 Å².